The van der Waals surface area contributed by atoms with Gasteiger partial charge in [0, 0.05) is 13.2 Å². The molecule has 104 valence electrons. The highest BCUT2D eigenvalue weighted by Gasteiger charge is 2.18. The minimum absolute atomic E-state index is 0.00160. The van der Waals surface area contributed by atoms with Crippen LogP contribution in [0.2, 0.25) is 0 Å². The SMILES string of the molecule is COC(C)Cn1c(C(C)Cl)nc2cc(Br)c(F)cc21. The predicted octanol–water partition coefficient (Wildman–Crippen LogP) is 4.27. The van der Waals surface area contributed by atoms with Gasteiger partial charge in [0.25, 0.3) is 0 Å². The number of aromatic nitrogens is 2. The molecule has 0 saturated carbocycles. The highest BCUT2D eigenvalue weighted by molar-refractivity contribution is 9.10. The maximum atomic E-state index is 13.7. The Kier molecular flexibility index (Phi) is 4.48. The Morgan fingerprint density at radius 3 is 2.74 bits per heavy atom. The minimum Gasteiger partial charge on any atom is -0.380 e. The van der Waals surface area contributed by atoms with Crippen LogP contribution in [0.3, 0.4) is 0 Å². The Morgan fingerprint density at radius 2 is 2.16 bits per heavy atom. The van der Waals surface area contributed by atoms with Gasteiger partial charge in [-0.05, 0) is 35.8 Å². The summed E-state index contributed by atoms with van der Waals surface area (Å²) >= 11 is 9.33. The van der Waals surface area contributed by atoms with E-state index in [2.05, 4.69) is 20.9 Å². The van der Waals surface area contributed by atoms with Crippen molar-refractivity contribution in [3.05, 3.63) is 28.2 Å². The van der Waals surface area contributed by atoms with Crippen molar-refractivity contribution < 1.29 is 9.13 Å². The second kappa shape index (κ2) is 5.77. The third kappa shape index (κ3) is 2.93. The lowest BCUT2D eigenvalue weighted by atomic mass is 10.3. The summed E-state index contributed by atoms with van der Waals surface area (Å²) in [5.41, 5.74) is 1.45. The van der Waals surface area contributed by atoms with Gasteiger partial charge in [-0.2, -0.15) is 0 Å². The predicted molar refractivity (Wildman–Crippen MR) is 78.1 cm³/mol. The molecule has 2 rings (SSSR count). The standard InChI is InChI=1S/C13H15BrClFN2O/c1-7(19-3)6-18-12-5-10(16)9(14)4-11(12)17-13(18)8(2)15/h4-5,7-8H,6H2,1-3H3. The number of halogens is 3. The highest BCUT2D eigenvalue weighted by atomic mass is 79.9. The summed E-state index contributed by atoms with van der Waals surface area (Å²) in [4.78, 5) is 4.48. The van der Waals surface area contributed by atoms with Crippen LogP contribution in [-0.2, 0) is 11.3 Å². The Balaban J connectivity index is 2.62. The number of rotatable bonds is 4. The monoisotopic (exact) mass is 348 g/mol. The molecule has 2 unspecified atom stereocenters. The highest BCUT2D eigenvalue weighted by Crippen LogP contribution is 2.28. The van der Waals surface area contributed by atoms with E-state index in [-0.39, 0.29) is 17.3 Å². The fraction of sp³-hybridized carbons (Fsp3) is 0.462. The number of hydrogen-bond acceptors (Lipinski definition) is 2. The largest absolute Gasteiger partial charge is 0.380 e. The molecule has 0 aliphatic carbocycles. The van der Waals surface area contributed by atoms with Crippen molar-refractivity contribution in [2.75, 3.05) is 7.11 Å². The molecule has 0 bridgehead atoms. The molecule has 0 saturated heterocycles. The van der Waals surface area contributed by atoms with E-state index in [0.717, 1.165) is 16.9 Å². The van der Waals surface area contributed by atoms with Gasteiger partial charge in [-0.25, -0.2) is 9.37 Å². The van der Waals surface area contributed by atoms with Gasteiger partial charge in [0.05, 0.1) is 33.5 Å². The first-order valence-corrected chi connectivity index (χ1v) is 7.19. The molecule has 3 nitrogen and oxygen atoms in total. The number of fused-ring (bicyclic) bond motifs is 1. The van der Waals surface area contributed by atoms with Crippen LogP contribution in [0.15, 0.2) is 16.6 Å². The Morgan fingerprint density at radius 1 is 1.47 bits per heavy atom. The van der Waals surface area contributed by atoms with E-state index in [1.807, 2.05) is 18.4 Å². The topological polar surface area (TPSA) is 27.1 Å². The van der Waals surface area contributed by atoms with Crippen molar-refractivity contribution in [2.24, 2.45) is 0 Å². The number of benzene rings is 1. The van der Waals surface area contributed by atoms with Crippen LogP contribution >= 0.6 is 27.5 Å². The molecule has 2 atom stereocenters. The van der Waals surface area contributed by atoms with Gasteiger partial charge in [0.1, 0.15) is 11.6 Å². The lowest BCUT2D eigenvalue weighted by Crippen LogP contribution is -2.17. The molecular weight excluding hydrogens is 335 g/mol. The van der Waals surface area contributed by atoms with Crippen molar-refractivity contribution in [1.82, 2.24) is 9.55 Å². The first kappa shape index (κ1) is 14.8. The number of methoxy groups -OCH3 is 1. The van der Waals surface area contributed by atoms with Crippen LogP contribution in [0.1, 0.15) is 25.0 Å². The smallest absolute Gasteiger partial charge is 0.139 e. The second-order valence-corrected chi connectivity index (χ2v) is 6.01. The van der Waals surface area contributed by atoms with E-state index in [0.29, 0.717) is 11.0 Å². The Bertz CT molecular complexity index is 600. The Hall–Kier alpha value is -0.650. The summed E-state index contributed by atoms with van der Waals surface area (Å²) in [6, 6.07) is 3.14. The Labute approximate surface area is 124 Å². The van der Waals surface area contributed by atoms with Crippen molar-refractivity contribution >= 4 is 38.6 Å². The van der Waals surface area contributed by atoms with Crippen LogP contribution in [0.5, 0.6) is 0 Å². The number of nitrogens with zero attached hydrogens (tertiary/aromatic N) is 2. The molecule has 0 radical (unpaired) electrons. The van der Waals surface area contributed by atoms with E-state index >= 15 is 0 Å². The summed E-state index contributed by atoms with van der Waals surface area (Å²) in [7, 11) is 1.64. The molecule has 0 aliphatic rings. The number of imidazole rings is 1. The van der Waals surface area contributed by atoms with Crippen molar-refractivity contribution in [1.29, 1.82) is 0 Å². The van der Waals surface area contributed by atoms with E-state index in [9.17, 15) is 4.39 Å². The fourth-order valence-electron chi connectivity index (χ4n) is 1.97. The van der Waals surface area contributed by atoms with E-state index in [1.165, 1.54) is 6.07 Å². The normalized spacial score (nSPS) is 14.8. The zero-order chi connectivity index (χ0) is 14.2. The quantitative estimate of drug-likeness (QED) is 0.771. The lowest BCUT2D eigenvalue weighted by molar-refractivity contribution is 0.103. The average Bonchev–Trinajstić information content (AvgIpc) is 2.68. The zero-order valence-corrected chi connectivity index (χ0v) is 13.3. The molecule has 1 aromatic heterocycles. The lowest BCUT2D eigenvalue weighted by Gasteiger charge is -2.15. The number of alkyl halides is 1. The third-order valence-electron chi connectivity index (χ3n) is 3.02. The van der Waals surface area contributed by atoms with Crippen LogP contribution in [-0.4, -0.2) is 22.8 Å². The molecule has 19 heavy (non-hydrogen) atoms. The summed E-state index contributed by atoms with van der Waals surface area (Å²) in [6.45, 7) is 4.38. The molecule has 6 heteroatoms. The van der Waals surface area contributed by atoms with Crippen molar-refractivity contribution in [3.63, 3.8) is 0 Å². The summed E-state index contributed by atoms with van der Waals surface area (Å²) in [6.07, 6.45) is -0.00160. The molecule has 0 spiro atoms. The van der Waals surface area contributed by atoms with Crippen LogP contribution in [0, 0.1) is 5.82 Å². The van der Waals surface area contributed by atoms with Crippen LogP contribution in [0.25, 0.3) is 11.0 Å². The second-order valence-electron chi connectivity index (χ2n) is 4.50. The maximum Gasteiger partial charge on any atom is 0.139 e. The summed E-state index contributed by atoms with van der Waals surface area (Å²) in [5, 5.41) is -0.252. The zero-order valence-electron chi connectivity index (χ0n) is 11.0. The van der Waals surface area contributed by atoms with Gasteiger partial charge >= 0.3 is 0 Å². The van der Waals surface area contributed by atoms with Gasteiger partial charge in [-0.3, -0.25) is 0 Å². The van der Waals surface area contributed by atoms with Gasteiger partial charge in [-0.15, -0.1) is 11.6 Å². The fourth-order valence-corrected chi connectivity index (χ4v) is 2.46. The molecule has 0 fully saturated rings. The summed E-state index contributed by atoms with van der Waals surface area (Å²) in [5.74, 6) is 0.408. The molecule has 1 aromatic carbocycles. The number of ether oxygens (including phenoxy) is 1. The van der Waals surface area contributed by atoms with Crippen LogP contribution < -0.4 is 0 Å². The van der Waals surface area contributed by atoms with Gasteiger partial charge in [-0.1, -0.05) is 0 Å². The number of hydrogen-bond donors (Lipinski definition) is 0. The first-order chi connectivity index (χ1) is 8.93. The van der Waals surface area contributed by atoms with E-state index in [1.54, 1.807) is 13.2 Å². The van der Waals surface area contributed by atoms with Gasteiger partial charge in [0.15, 0.2) is 0 Å². The van der Waals surface area contributed by atoms with E-state index in [4.69, 9.17) is 16.3 Å². The van der Waals surface area contributed by atoms with Crippen LogP contribution in [0.4, 0.5) is 4.39 Å². The summed E-state index contributed by atoms with van der Waals surface area (Å²) < 4.78 is 21.3. The molecule has 0 amide bonds. The van der Waals surface area contributed by atoms with E-state index < -0.39 is 0 Å². The van der Waals surface area contributed by atoms with Crippen molar-refractivity contribution in [3.8, 4) is 0 Å². The average molecular weight is 350 g/mol. The maximum absolute atomic E-state index is 13.7. The molecule has 0 aliphatic heterocycles. The molecule has 2 aromatic rings. The molecule has 0 N–H and O–H groups in total. The van der Waals surface area contributed by atoms with Gasteiger partial charge < -0.3 is 9.30 Å². The molecular formula is C13H15BrClFN2O. The molecule has 1 heterocycles. The minimum atomic E-state index is -0.313. The van der Waals surface area contributed by atoms with Gasteiger partial charge in [0.2, 0.25) is 0 Å². The first-order valence-electron chi connectivity index (χ1n) is 5.96. The third-order valence-corrected chi connectivity index (χ3v) is 3.82. The van der Waals surface area contributed by atoms with Crippen molar-refractivity contribution in [2.45, 2.75) is 31.9 Å².